The highest BCUT2D eigenvalue weighted by Crippen LogP contribution is 2.42. The van der Waals surface area contributed by atoms with Gasteiger partial charge in [-0.15, -0.1) is 12.3 Å². The van der Waals surface area contributed by atoms with E-state index in [0.29, 0.717) is 23.5 Å². The van der Waals surface area contributed by atoms with Crippen molar-refractivity contribution in [1.82, 2.24) is 25.7 Å². The van der Waals surface area contributed by atoms with Crippen molar-refractivity contribution >= 4 is 24.6 Å². The number of hydrogen-bond acceptors (Lipinski definition) is 8. The number of nitrogen functional groups attached to an aromatic ring is 1. The number of aromatic nitrogens is 4. The van der Waals surface area contributed by atoms with Gasteiger partial charge in [-0.05, 0) is 19.8 Å². The molecule has 0 aromatic carbocycles. The minimum atomic E-state index is -3.78. The van der Waals surface area contributed by atoms with Crippen molar-refractivity contribution in [2.45, 2.75) is 96.6 Å². The second-order valence-electron chi connectivity index (χ2n) is 8.75. The first-order valence-corrected chi connectivity index (χ1v) is 14.1. The number of unbranched alkanes of at least 4 members (excludes halogenated alkanes) is 11. The number of imidazole rings is 1. The van der Waals surface area contributed by atoms with Crippen LogP contribution in [0.5, 0.6) is 0 Å². The van der Waals surface area contributed by atoms with E-state index in [4.69, 9.17) is 21.4 Å². The van der Waals surface area contributed by atoms with Crippen molar-refractivity contribution in [2.24, 2.45) is 0 Å². The molecule has 11 heteroatoms. The Morgan fingerprint density at radius 2 is 1.66 bits per heavy atom. The zero-order chi connectivity index (χ0) is 24.7. The van der Waals surface area contributed by atoms with Crippen LogP contribution in [0.4, 0.5) is 5.82 Å². The Labute approximate surface area is 209 Å². The summed E-state index contributed by atoms with van der Waals surface area (Å²) in [7, 11) is -3.78. The first kappa shape index (κ1) is 31.0. The predicted octanol–water partition coefficient (Wildman–Crippen LogP) is 5.45. The van der Waals surface area contributed by atoms with E-state index in [1.54, 1.807) is 10.9 Å². The molecule has 0 fully saturated rings. The van der Waals surface area contributed by atoms with Crippen LogP contribution in [0.25, 0.3) is 11.2 Å². The summed E-state index contributed by atoms with van der Waals surface area (Å²) in [4.78, 5) is 22.3. The normalized spacial score (nSPS) is 13.7. The lowest BCUT2D eigenvalue weighted by atomic mass is 10.1. The van der Waals surface area contributed by atoms with Gasteiger partial charge < -0.3 is 30.6 Å². The molecule has 0 aliphatic carbocycles. The van der Waals surface area contributed by atoms with Gasteiger partial charge in [0.1, 0.15) is 18.2 Å². The zero-order valence-corrected chi connectivity index (χ0v) is 22.0. The fourth-order valence-electron chi connectivity index (χ4n) is 3.75. The van der Waals surface area contributed by atoms with Crippen LogP contribution in [0.2, 0.25) is 0 Å². The van der Waals surface area contributed by atoms with Gasteiger partial charge >= 0.3 is 7.60 Å². The van der Waals surface area contributed by atoms with E-state index in [2.05, 4.69) is 20.9 Å². The number of rotatable bonds is 19. The molecule has 2 atom stereocenters. The van der Waals surface area contributed by atoms with E-state index in [0.717, 1.165) is 32.1 Å². The molecule has 0 bridgehead atoms. The van der Waals surface area contributed by atoms with Crippen molar-refractivity contribution in [2.75, 3.05) is 18.7 Å². The fourth-order valence-corrected chi connectivity index (χ4v) is 4.68. The number of fused-ring (bicyclic) bond motifs is 1. The molecule has 6 N–H and O–H groups in total. The smallest absolute Gasteiger partial charge is 0.353 e. The lowest BCUT2D eigenvalue weighted by molar-refractivity contribution is 0.0715. The molecule has 35 heavy (non-hydrogen) atoms. The van der Waals surface area contributed by atoms with Crippen molar-refractivity contribution in [1.29, 1.82) is 0 Å². The summed E-state index contributed by atoms with van der Waals surface area (Å²) < 4.78 is 24.8. The fraction of sp³-hybridized carbons (Fsp3) is 0.708. The van der Waals surface area contributed by atoms with E-state index < -0.39 is 7.60 Å². The second-order valence-corrected chi connectivity index (χ2v) is 10.5. The van der Waals surface area contributed by atoms with Gasteiger partial charge in [0.15, 0.2) is 11.5 Å². The van der Waals surface area contributed by atoms with Gasteiger partial charge in [0.2, 0.25) is 0 Å². The Morgan fingerprint density at radius 3 is 2.29 bits per heavy atom. The van der Waals surface area contributed by atoms with Gasteiger partial charge in [-0.25, -0.2) is 15.0 Å². The van der Waals surface area contributed by atoms with Gasteiger partial charge in [0, 0.05) is 6.42 Å². The standard InChI is InChI=1S/C24H40N5O4P.H3N/c1-3-4-5-6-7-8-9-10-11-12-13-14-15-16-33-34(30,31)20-32-21(2)17-29-19-28-22-23(25)26-18-27-24(22)29;/h1,18-19,21H,4-17,20H2,2H3,(H,30,31)(H2,25,26,27);1H3/t21-;/m1./s1. The lowest BCUT2D eigenvalue weighted by Crippen LogP contribution is -2.17. The lowest BCUT2D eigenvalue weighted by Gasteiger charge is -2.17. The van der Waals surface area contributed by atoms with Gasteiger partial charge in [0.05, 0.1) is 25.6 Å². The first-order valence-electron chi connectivity index (χ1n) is 12.4. The van der Waals surface area contributed by atoms with Crippen LogP contribution < -0.4 is 11.9 Å². The van der Waals surface area contributed by atoms with Crippen molar-refractivity contribution < 1.29 is 18.7 Å². The minimum absolute atomic E-state index is 0. The highest BCUT2D eigenvalue weighted by Gasteiger charge is 2.21. The summed E-state index contributed by atoms with van der Waals surface area (Å²) in [6, 6.07) is 0. The van der Waals surface area contributed by atoms with Crippen molar-refractivity contribution in [3.8, 4) is 12.3 Å². The second kappa shape index (κ2) is 17.4. The van der Waals surface area contributed by atoms with Crippen LogP contribution >= 0.6 is 7.60 Å². The molecule has 0 saturated carbocycles. The number of hydrogen-bond donors (Lipinski definition) is 3. The molecule has 10 nitrogen and oxygen atoms in total. The predicted molar refractivity (Wildman–Crippen MR) is 140 cm³/mol. The number of nitrogens with zero attached hydrogens (tertiary/aromatic N) is 4. The summed E-state index contributed by atoms with van der Waals surface area (Å²) in [6.45, 7) is 2.50. The molecule has 0 spiro atoms. The maximum absolute atomic E-state index is 12.2. The number of nitrogens with two attached hydrogens (primary N) is 1. The van der Waals surface area contributed by atoms with Crippen LogP contribution in [0.15, 0.2) is 12.7 Å². The molecule has 2 aromatic heterocycles. The van der Waals surface area contributed by atoms with Gasteiger partial charge in [0.25, 0.3) is 0 Å². The monoisotopic (exact) mass is 510 g/mol. The average Bonchev–Trinajstić information content (AvgIpc) is 3.22. The van der Waals surface area contributed by atoms with E-state index >= 15 is 0 Å². The summed E-state index contributed by atoms with van der Waals surface area (Å²) in [5.74, 6) is 3.00. The molecule has 0 amide bonds. The number of ether oxygens (including phenoxy) is 1. The van der Waals surface area contributed by atoms with E-state index in [9.17, 15) is 9.46 Å². The number of terminal acetylenes is 1. The SMILES string of the molecule is C#CCCCCCCCCCCCCCOP(=O)(O)CO[C@H](C)Cn1cnc2c(N)ncnc21.N. The number of anilines is 1. The van der Waals surface area contributed by atoms with Gasteiger partial charge in [-0.1, -0.05) is 57.8 Å². The molecule has 0 radical (unpaired) electrons. The third-order valence-electron chi connectivity index (χ3n) is 5.66. The van der Waals surface area contributed by atoms with Crippen molar-refractivity contribution in [3.05, 3.63) is 12.7 Å². The van der Waals surface area contributed by atoms with Crippen LogP contribution in [0, 0.1) is 12.3 Å². The third kappa shape index (κ3) is 12.5. The Kier molecular flexibility index (Phi) is 15.4. The highest BCUT2D eigenvalue weighted by atomic mass is 31.2. The van der Waals surface area contributed by atoms with Crippen molar-refractivity contribution in [3.63, 3.8) is 0 Å². The maximum atomic E-state index is 12.2. The topological polar surface area (TPSA) is 160 Å². The van der Waals surface area contributed by atoms with Crippen LogP contribution in [-0.4, -0.2) is 43.5 Å². The highest BCUT2D eigenvalue weighted by molar-refractivity contribution is 7.52. The molecule has 0 aliphatic heterocycles. The molecule has 2 rings (SSSR count). The first-order chi connectivity index (χ1) is 16.4. The quantitative estimate of drug-likeness (QED) is 0.127. The Balaban J connectivity index is 0.00000612. The Bertz CT molecular complexity index is 932. The van der Waals surface area contributed by atoms with Gasteiger partial charge in [-0.3, -0.25) is 4.57 Å². The Morgan fingerprint density at radius 1 is 1.06 bits per heavy atom. The van der Waals surface area contributed by atoms with E-state index in [-0.39, 0.29) is 25.2 Å². The molecular formula is C24H43N6O4P. The summed E-state index contributed by atoms with van der Waals surface area (Å²) in [5.41, 5.74) is 6.92. The largest absolute Gasteiger partial charge is 0.382 e. The summed E-state index contributed by atoms with van der Waals surface area (Å²) in [5, 5.41) is 0. The Hall–Kier alpha value is -2.02. The molecule has 1 unspecified atom stereocenters. The third-order valence-corrected chi connectivity index (χ3v) is 6.73. The summed E-state index contributed by atoms with van der Waals surface area (Å²) >= 11 is 0. The maximum Gasteiger partial charge on any atom is 0.353 e. The molecule has 198 valence electrons. The van der Waals surface area contributed by atoms with Crippen LogP contribution in [0.1, 0.15) is 84.0 Å². The van der Waals surface area contributed by atoms with Gasteiger partial charge in [-0.2, -0.15) is 0 Å². The molecule has 0 saturated heterocycles. The molecular weight excluding hydrogens is 467 g/mol. The molecule has 0 aliphatic rings. The van der Waals surface area contributed by atoms with Crippen LogP contribution in [0.3, 0.4) is 0 Å². The molecule has 2 aromatic rings. The molecule has 2 heterocycles. The average molecular weight is 511 g/mol. The van der Waals surface area contributed by atoms with E-state index in [1.807, 2.05) is 6.92 Å². The van der Waals surface area contributed by atoms with E-state index in [1.165, 1.54) is 51.3 Å². The zero-order valence-electron chi connectivity index (χ0n) is 21.1. The van der Waals surface area contributed by atoms with Crippen LogP contribution in [-0.2, 0) is 20.4 Å². The summed E-state index contributed by atoms with van der Waals surface area (Å²) in [6.07, 6.45) is 21.4. The minimum Gasteiger partial charge on any atom is -0.382 e.